The summed E-state index contributed by atoms with van der Waals surface area (Å²) >= 11 is 0. The Labute approximate surface area is 123 Å². The van der Waals surface area contributed by atoms with Gasteiger partial charge in [-0.05, 0) is 37.6 Å². The molecule has 2 rings (SSSR count). The van der Waals surface area contributed by atoms with Gasteiger partial charge in [0.1, 0.15) is 11.5 Å². The van der Waals surface area contributed by atoms with Crippen molar-refractivity contribution in [2.75, 3.05) is 13.2 Å². The third kappa shape index (κ3) is 4.89. The Kier molecular flexibility index (Phi) is 6.36. The third-order valence-electron chi connectivity index (χ3n) is 2.68. The number of rotatable bonds is 3. The molecule has 114 valence electrons. The molecule has 0 aliphatic rings. The van der Waals surface area contributed by atoms with Crippen molar-refractivity contribution in [3.8, 4) is 34.1 Å². The molecule has 0 bridgehead atoms. The van der Waals surface area contributed by atoms with Crippen molar-refractivity contribution in [2.24, 2.45) is 0 Å². The average Bonchev–Trinajstić information content (AvgIpc) is 2.45. The topological polar surface area (TPSA) is 90.2 Å². The van der Waals surface area contributed by atoms with Crippen LogP contribution in [-0.2, 0) is 4.74 Å². The summed E-state index contributed by atoms with van der Waals surface area (Å²) in [5.41, 5.74) is 1.01. The van der Waals surface area contributed by atoms with Crippen LogP contribution in [0.25, 0.3) is 11.1 Å². The second-order valence-electron chi connectivity index (χ2n) is 4.19. The summed E-state index contributed by atoms with van der Waals surface area (Å²) in [6.07, 6.45) is 0. The number of phenolic OH excluding ortho intramolecular Hbond substituents is 4. The molecule has 2 aromatic carbocycles. The summed E-state index contributed by atoms with van der Waals surface area (Å²) in [5, 5.41) is 37.2. The molecule has 5 nitrogen and oxygen atoms in total. The number of phenols is 4. The van der Waals surface area contributed by atoms with Gasteiger partial charge in [0.2, 0.25) is 0 Å². The van der Waals surface area contributed by atoms with E-state index in [-0.39, 0.29) is 23.0 Å². The Hall–Kier alpha value is -2.40. The van der Waals surface area contributed by atoms with Crippen LogP contribution in [0.15, 0.2) is 36.4 Å². The number of hydrogen-bond donors (Lipinski definition) is 4. The predicted molar refractivity (Wildman–Crippen MR) is 80.7 cm³/mol. The highest BCUT2D eigenvalue weighted by Crippen LogP contribution is 2.38. The van der Waals surface area contributed by atoms with Gasteiger partial charge in [0.05, 0.1) is 0 Å². The molecule has 0 radical (unpaired) electrons. The van der Waals surface area contributed by atoms with Crippen LogP contribution in [0.3, 0.4) is 0 Å². The smallest absolute Gasteiger partial charge is 0.161 e. The van der Waals surface area contributed by atoms with E-state index in [1.165, 1.54) is 18.2 Å². The Morgan fingerprint density at radius 3 is 1.76 bits per heavy atom. The number of benzene rings is 2. The summed E-state index contributed by atoms with van der Waals surface area (Å²) in [6, 6.07) is 8.47. The van der Waals surface area contributed by atoms with Crippen LogP contribution in [-0.4, -0.2) is 33.6 Å². The van der Waals surface area contributed by atoms with Gasteiger partial charge >= 0.3 is 0 Å². The molecule has 0 spiro atoms. The van der Waals surface area contributed by atoms with E-state index in [1.54, 1.807) is 12.1 Å². The minimum Gasteiger partial charge on any atom is -0.508 e. The minimum absolute atomic E-state index is 0.117. The van der Waals surface area contributed by atoms with Gasteiger partial charge in [0.25, 0.3) is 0 Å². The number of ether oxygens (including phenoxy) is 1. The number of aromatic hydroxyl groups is 4. The molecule has 0 unspecified atom stereocenters. The monoisotopic (exact) mass is 292 g/mol. The van der Waals surface area contributed by atoms with E-state index >= 15 is 0 Å². The van der Waals surface area contributed by atoms with Crippen LogP contribution in [0.2, 0.25) is 0 Å². The zero-order chi connectivity index (χ0) is 15.8. The van der Waals surface area contributed by atoms with Crippen LogP contribution in [0.5, 0.6) is 23.0 Å². The van der Waals surface area contributed by atoms with E-state index in [2.05, 4.69) is 0 Å². The van der Waals surface area contributed by atoms with Gasteiger partial charge in [-0.1, -0.05) is 12.1 Å². The van der Waals surface area contributed by atoms with Crippen LogP contribution < -0.4 is 0 Å². The van der Waals surface area contributed by atoms with Crippen LogP contribution >= 0.6 is 0 Å². The Morgan fingerprint density at radius 1 is 0.762 bits per heavy atom. The van der Waals surface area contributed by atoms with E-state index in [1.807, 2.05) is 13.8 Å². The first kappa shape index (κ1) is 16.7. The van der Waals surface area contributed by atoms with Gasteiger partial charge in [0.15, 0.2) is 11.5 Å². The largest absolute Gasteiger partial charge is 0.508 e. The molecule has 4 N–H and O–H groups in total. The zero-order valence-electron chi connectivity index (χ0n) is 12.1. The fraction of sp³-hybridized carbons (Fsp3) is 0.250. The molecule has 0 atom stereocenters. The second kappa shape index (κ2) is 8.01. The van der Waals surface area contributed by atoms with Crippen molar-refractivity contribution in [3.63, 3.8) is 0 Å². The molecule has 0 saturated heterocycles. The lowest BCUT2D eigenvalue weighted by atomic mass is 10.0. The van der Waals surface area contributed by atoms with E-state index in [9.17, 15) is 10.2 Å². The van der Waals surface area contributed by atoms with Crippen molar-refractivity contribution in [1.82, 2.24) is 0 Å². The molecular weight excluding hydrogens is 272 g/mol. The fourth-order valence-corrected chi connectivity index (χ4v) is 1.64. The van der Waals surface area contributed by atoms with E-state index in [0.717, 1.165) is 19.3 Å². The maximum Gasteiger partial charge on any atom is 0.161 e. The van der Waals surface area contributed by atoms with Gasteiger partial charge in [-0.25, -0.2) is 0 Å². The van der Waals surface area contributed by atoms with Gasteiger partial charge in [-0.2, -0.15) is 0 Å². The zero-order valence-corrected chi connectivity index (χ0v) is 12.1. The molecular formula is C16H20O5. The van der Waals surface area contributed by atoms with Gasteiger partial charge in [0, 0.05) is 24.8 Å². The summed E-state index contributed by atoms with van der Waals surface area (Å²) in [5.74, 6) is -0.701. The standard InChI is InChI=1S/C12H10O4.C4H10O/c13-8-3-1-7(2-4-8)9-5-11(15)12(16)6-10(9)14;1-3-5-4-2/h1-6,13-16H;3-4H2,1-2H3. The van der Waals surface area contributed by atoms with Crippen molar-refractivity contribution in [2.45, 2.75) is 13.8 Å². The highest BCUT2D eigenvalue weighted by atomic mass is 16.5. The summed E-state index contributed by atoms with van der Waals surface area (Å²) < 4.78 is 4.83. The second-order valence-corrected chi connectivity index (χ2v) is 4.19. The Morgan fingerprint density at radius 2 is 1.29 bits per heavy atom. The first-order valence-electron chi connectivity index (χ1n) is 6.61. The maximum atomic E-state index is 9.60. The molecule has 0 fully saturated rings. The first-order valence-corrected chi connectivity index (χ1v) is 6.61. The summed E-state index contributed by atoms with van der Waals surface area (Å²) in [7, 11) is 0. The van der Waals surface area contributed by atoms with Crippen molar-refractivity contribution in [3.05, 3.63) is 36.4 Å². The van der Waals surface area contributed by atoms with Gasteiger partial charge in [-0.15, -0.1) is 0 Å². The van der Waals surface area contributed by atoms with E-state index < -0.39 is 0 Å². The summed E-state index contributed by atoms with van der Waals surface area (Å²) in [6.45, 7) is 5.67. The van der Waals surface area contributed by atoms with Crippen LogP contribution in [0.4, 0.5) is 0 Å². The molecule has 0 aliphatic carbocycles. The van der Waals surface area contributed by atoms with Gasteiger partial charge in [-0.3, -0.25) is 0 Å². The minimum atomic E-state index is -0.375. The van der Waals surface area contributed by atoms with E-state index in [4.69, 9.17) is 14.9 Å². The molecule has 0 heterocycles. The van der Waals surface area contributed by atoms with Crippen molar-refractivity contribution in [1.29, 1.82) is 0 Å². The molecule has 0 amide bonds. The Bertz CT molecular complexity index is 562. The predicted octanol–water partition coefficient (Wildman–Crippen LogP) is 3.22. The van der Waals surface area contributed by atoms with Crippen molar-refractivity contribution >= 4 is 0 Å². The fourth-order valence-electron chi connectivity index (χ4n) is 1.64. The SMILES string of the molecule is CCOCC.Oc1ccc(-c2cc(O)c(O)cc2O)cc1. The molecule has 0 saturated carbocycles. The maximum absolute atomic E-state index is 9.60. The lowest BCUT2D eigenvalue weighted by Gasteiger charge is -2.07. The molecule has 5 heteroatoms. The average molecular weight is 292 g/mol. The molecule has 21 heavy (non-hydrogen) atoms. The highest BCUT2D eigenvalue weighted by Gasteiger charge is 2.09. The first-order chi connectivity index (χ1) is 9.99. The lowest BCUT2D eigenvalue weighted by Crippen LogP contribution is -1.84. The van der Waals surface area contributed by atoms with E-state index in [0.29, 0.717) is 11.1 Å². The Balaban J connectivity index is 0.000000383. The van der Waals surface area contributed by atoms with Crippen LogP contribution in [0.1, 0.15) is 13.8 Å². The van der Waals surface area contributed by atoms with Gasteiger partial charge < -0.3 is 25.2 Å². The molecule has 0 aliphatic heterocycles. The lowest BCUT2D eigenvalue weighted by molar-refractivity contribution is 0.162. The molecule has 2 aromatic rings. The quantitative estimate of drug-likeness (QED) is 0.515. The number of hydrogen-bond acceptors (Lipinski definition) is 5. The normalized spacial score (nSPS) is 9.81. The van der Waals surface area contributed by atoms with Crippen molar-refractivity contribution < 1.29 is 25.2 Å². The van der Waals surface area contributed by atoms with Crippen LogP contribution in [0, 0.1) is 0 Å². The molecule has 0 aromatic heterocycles. The highest BCUT2D eigenvalue weighted by molar-refractivity contribution is 5.73. The third-order valence-corrected chi connectivity index (χ3v) is 2.68. The summed E-state index contributed by atoms with van der Waals surface area (Å²) in [4.78, 5) is 0.